The number of ether oxygens (including phenoxy) is 1. The van der Waals surface area contributed by atoms with Crippen LogP contribution in [0.4, 0.5) is 0 Å². The number of carbonyl (C=O) groups excluding carboxylic acids is 1. The average Bonchev–Trinajstić information content (AvgIpc) is 3.16. The fraction of sp³-hybridized carbons (Fsp3) is 0.389. The number of hydrogen-bond acceptors (Lipinski definition) is 5. The van der Waals surface area contributed by atoms with Crippen LogP contribution in [0.5, 0.6) is 5.75 Å². The normalized spacial score (nSPS) is 18.9. The van der Waals surface area contributed by atoms with E-state index in [1.54, 1.807) is 36.8 Å². The Morgan fingerprint density at radius 3 is 2.76 bits per heavy atom. The van der Waals surface area contributed by atoms with E-state index < -0.39 is 10.0 Å². The lowest BCUT2D eigenvalue weighted by atomic mass is 9.89. The number of methoxy groups -OCH3 is 1. The van der Waals surface area contributed by atoms with Crippen molar-refractivity contribution in [2.24, 2.45) is 5.92 Å². The van der Waals surface area contributed by atoms with E-state index in [0.29, 0.717) is 34.9 Å². The number of thiophene rings is 1. The van der Waals surface area contributed by atoms with Crippen molar-refractivity contribution >= 4 is 27.1 Å². The molecule has 1 aliphatic heterocycles. The summed E-state index contributed by atoms with van der Waals surface area (Å²) in [4.78, 5) is 12.9. The molecule has 1 aromatic heterocycles. The smallest absolute Gasteiger partial charge is 0.252 e. The third-order valence-electron chi connectivity index (χ3n) is 4.54. The molecule has 0 spiro atoms. The molecule has 1 fully saturated rings. The Morgan fingerprint density at radius 1 is 1.32 bits per heavy atom. The second-order valence-corrected chi connectivity index (χ2v) is 9.29. The molecule has 7 heteroatoms. The average molecular weight is 380 g/mol. The Hall–Kier alpha value is -1.70. The number of hydrogen-bond donors (Lipinski definition) is 0. The summed E-state index contributed by atoms with van der Waals surface area (Å²) >= 11 is 1.21. The van der Waals surface area contributed by atoms with E-state index in [1.807, 2.05) is 13.0 Å². The number of piperidine rings is 1. The van der Waals surface area contributed by atoms with Crippen molar-refractivity contribution < 1.29 is 17.9 Å². The van der Waals surface area contributed by atoms with Gasteiger partial charge in [0.2, 0.25) is 0 Å². The van der Waals surface area contributed by atoms with Gasteiger partial charge in [-0.3, -0.25) is 4.79 Å². The Bertz CT molecular complexity index is 859. The van der Waals surface area contributed by atoms with E-state index in [-0.39, 0.29) is 18.2 Å². The molecule has 0 unspecified atom stereocenters. The zero-order chi connectivity index (χ0) is 18.0. The van der Waals surface area contributed by atoms with Crippen molar-refractivity contribution in [2.75, 3.05) is 20.2 Å². The first kappa shape index (κ1) is 18.1. The molecule has 0 aliphatic carbocycles. The molecule has 2 aromatic rings. The van der Waals surface area contributed by atoms with E-state index in [2.05, 4.69) is 0 Å². The Labute approximate surface area is 152 Å². The van der Waals surface area contributed by atoms with E-state index >= 15 is 0 Å². The maximum absolute atomic E-state index is 12.9. The molecular formula is C18H21NO4S2. The molecule has 1 atom stereocenters. The van der Waals surface area contributed by atoms with E-state index in [1.165, 1.54) is 15.6 Å². The molecular weight excluding hydrogens is 358 g/mol. The number of Topliss-reactive ketones (excluding diaryl/α,β-unsaturated/α-hetero) is 1. The van der Waals surface area contributed by atoms with Gasteiger partial charge in [-0.05, 0) is 55.0 Å². The highest BCUT2D eigenvalue weighted by molar-refractivity contribution is 7.91. The third-order valence-corrected chi connectivity index (χ3v) is 7.78. The van der Waals surface area contributed by atoms with Crippen LogP contribution in [0.1, 0.15) is 28.8 Å². The first-order valence-electron chi connectivity index (χ1n) is 8.16. The van der Waals surface area contributed by atoms with Gasteiger partial charge in [-0.15, -0.1) is 11.3 Å². The molecule has 0 bridgehead atoms. The van der Waals surface area contributed by atoms with Crippen molar-refractivity contribution in [3.63, 3.8) is 0 Å². The molecule has 1 aromatic carbocycles. The standard InChI is InChI=1S/C18H21NO4S2/c1-13-11-15(23-2)7-8-16(13)18(20)14-5-3-9-19(12-14)25(21,22)17-6-4-10-24-17/h4,6-8,10-11,14H,3,5,9,12H2,1-2H3/t14-/m0/s1. The SMILES string of the molecule is COc1ccc(C(=O)[C@H]2CCCN(S(=O)(=O)c3cccs3)C2)c(C)c1. The molecule has 3 rings (SSSR count). The highest BCUT2D eigenvalue weighted by Gasteiger charge is 2.34. The van der Waals surface area contributed by atoms with Gasteiger partial charge in [0.05, 0.1) is 7.11 Å². The molecule has 0 amide bonds. The zero-order valence-corrected chi connectivity index (χ0v) is 15.9. The fourth-order valence-corrected chi connectivity index (χ4v) is 5.84. The van der Waals surface area contributed by atoms with Gasteiger partial charge in [0.1, 0.15) is 9.96 Å². The maximum Gasteiger partial charge on any atom is 0.252 e. The van der Waals surface area contributed by atoms with Gasteiger partial charge in [-0.1, -0.05) is 6.07 Å². The van der Waals surface area contributed by atoms with Crippen LogP contribution in [0.2, 0.25) is 0 Å². The van der Waals surface area contributed by atoms with Gasteiger partial charge in [0, 0.05) is 24.6 Å². The van der Waals surface area contributed by atoms with Gasteiger partial charge >= 0.3 is 0 Å². The molecule has 0 saturated carbocycles. The lowest BCUT2D eigenvalue weighted by Crippen LogP contribution is -2.42. The number of benzene rings is 1. The lowest BCUT2D eigenvalue weighted by Gasteiger charge is -2.31. The predicted octanol–water partition coefficient (Wildman–Crippen LogP) is 3.35. The van der Waals surface area contributed by atoms with Gasteiger partial charge in [-0.25, -0.2) is 8.42 Å². The molecule has 1 aliphatic rings. The second kappa shape index (κ2) is 7.27. The van der Waals surface area contributed by atoms with Crippen molar-refractivity contribution in [3.8, 4) is 5.75 Å². The van der Waals surface area contributed by atoms with Crippen LogP contribution in [-0.4, -0.2) is 38.7 Å². The minimum absolute atomic E-state index is 0.00577. The number of rotatable bonds is 5. The van der Waals surface area contributed by atoms with Crippen LogP contribution < -0.4 is 4.74 Å². The van der Waals surface area contributed by atoms with Crippen LogP contribution >= 0.6 is 11.3 Å². The summed E-state index contributed by atoms with van der Waals surface area (Å²) in [6.07, 6.45) is 1.40. The minimum atomic E-state index is -3.51. The summed E-state index contributed by atoms with van der Waals surface area (Å²) in [6.45, 7) is 2.58. The van der Waals surface area contributed by atoms with Crippen LogP contribution in [-0.2, 0) is 10.0 Å². The Balaban J connectivity index is 1.81. The summed E-state index contributed by atoms with van der Waals surface area (Å²) < 4.78 is 32.4. The van der Waals surface area contributed by atoms with Crippen molar-refractivity contribution in [3.05, 3.63) is 46.8 Å². The summed E-state index contributed by atoms with van der Waals surface area (Å²) in [5, 5.41) is 1.75. The third kappa shape index (κ3) is 3.63. The number of nitrogens with zero attached hydrogens (tertiary/aromatic N) is 1. The molecule has 2 heterocycles. The molecule has 134 valence electrons. The molecule has 25 heavy (non-hydrogen) atoms. The molecule has 1 saturated heterocycles. The van der Waals surface area contributed by atoms with Crippen LogP contribution in [0.25, 0.3) is 0 Å². The van der Waals surface area contributed by atoms with E-state index in [0.717, 1.165) is 5.56 Å². The van der Waals surface area contributed by atoms with Gasteiger partial charge in [0.25, 0.3) is 10.0 Å². The van der Waals surface area contributed by atoms with Gasteiger partial charge in [-0.2, -0.15) is 4.31 Å². The lowest BCUT2D eigenvalue weighted by molar-refractivity contribution is 0.0872. The van der Waals surface area contributed by atoms with Crippen molar-refractivity contribution in [2.45, 2.75) is 24.0 Å². The minimum Gasteiger partial charge on any atom is -0.497 e. The van der Waals surface area contributed by atoms with Gasteiger partial charge in [0.15, 0.2) is 5.78 Å². The van der Waals surface area contributed by atoms with Crippen molar-refractivity contribution in [1.29, 1.82) is 0 Å². The first-order chi connectivity index (χ1) is 11.9. The van der Waals surface area contributed by atoms with Crippen LogP contribution in [0, 0.1) is 12.8 Å². The maximum atomic E-state index is 12.9. The summed E-state index contributed by atoms with van der Waals surface area (Å²) in [6, 6.07) is 8.70. The monoisotopic (exact) mass is 379 g/mol. The highest BCUT2D eigenvalue weighted by Crippen LogP contribution is 2.29. The largest absolute Gasteiger partial charge is 0.497 e. The summed E-state index contributed by atoms with van der Waals surface area (Å²) in [5.74, 6) is 0.404. The zero-order valence-electron chi connectivity index (χ0n) is 14.3. The Morgan fingerprint density at radius 2 is 2.12 bits per heavy atom. The number of ketones is 1. The van der Waals surface area contributed by atoms with E-state index in [4.69, 9.17) is 4.74 Å². The topological polar surface area (TPSA) is 63.7 Å². The highest BCUT2D eigenvalue weighted by atomic mass is 32.2. The van der Waals surface area contributed by atoms with Crippen LogP contribution in [0.15, 0.2) is 39.9 Å². The Kier molecular flexibility index (Phi) is 5.27. The summed E-state index contributed by atoms with van der Waals surface area (Å²) in [7, 11) is -1.92. The number of carbonyl (C=O) groups is 1. The van der Waals surface area contributed by atoms with Gasteiger partial charge < -0.3 is 4.74 Å². The fourth-order valence-electron chi connectivity index (χ4n) is 3.17. The second-order valence-electron chi connectivity index (χ2n) is 6.18. The quantitative estimate of drug-likeness (QED) is 0.748. The van der Waals surface area contributed by atoms with Crippen LogP contribution in [0.3, 0.4) is 0 Å². The molecule has 0 radical (unpaired) electrons. The predicted molar refractivity (Wildman–Crippen MR) is 97.9 cm³/mol. The summed E-state index contributed by atoms with van der Waals surface area (Å²) in [5.41, 5.74) is 1.49. The molecule has 0 N–H and O–H groups in total. The first-order valence-corrected chi connectivity index (χ1v) is 10.5. The van der Waals surface area contributed by atoms with Crippen molar-refractivity contribution in [1.82, 2.24) is 4.31 Å². The number of aryl methyl sites for hydroxylation is 1. The molecule has 5 nitrogen and oxygen atoms in total. The van der Waals surface area contributed by atoms with E-state index in [9.17, 15) is 13.2 Å². The number of sulfonamides is 1.